The summed E-state index contributed by atoms with van der Waals surface area (Å²) in [5.74, 6) is -0.357. The van der Waals surface area contributed by atoms with Gasteiger partial charge in [-0.05, 0) is 0 Å². The maximum Gasteiger partial charge on any atom is 0.221 e. The minimum Gasteiger partial charge on any atom is -0.394 e. The summed E-state index contributed by atoms with van der Waals surface area (Å²) < 4.78 is 5.06. The molecule has 0 aromatic carbocycles. The molecule has 94 valence electrons. The molecule has 16 heavy (non-hydrogen) atoms. The lowest BCUT2D eigenvalue weighted by atomic mass is 9.98. The van der Waals surface area contributed by atoms with Crippen LogP contribution in [-0.2, 0) is 9.53 Å². The van der Waals surface area contributed by atoms with Gasteiger partial charge < -0.3 is 30.5 Å². The molecular weight excluding hydrogens is 218 g/mol. The third-order valence-electron chi connectivity index (χ3n) is 2.52. The molecule has 0 saturated carbocycles. The molecule has 0 aromatic rings. The highest BCUT2D eigenvalue weighted by Crippen LogP contribution is 2.19. The second-order valence-corrected chi connectivity index (χ2v) is 3.67. The van der Waals surface area contributed by atoms with Gasteiger partial charge in [0, 0.05) is 6.42 Å². The van der Waals surface area contributed by atoms with Crippen LogP contribution >= 0.6 is 0 Å². The first-order valence-electron chi connectivity index (χ1n) is 5.11. The van der Waals surface area contributed by atoms with Crippen molar-refractivity contribution in [2.45, 2.75) is 44.0 Å². The number of hydrogen-bond acceptors (Lipinski definition) is 6. The van der Waals surface area contributed by atoms with Crippen molar-refractivity contribution in [3.63, 3.8) is 0 Å². The zero-order chi connectivity index (χ0) is 12.3. The van der Waals surface area contributed by atoms with Gasteiger partial charge in [-0.15, -0.1) is 0 Å². The quantitative estimate of drug-likeness (QED) is 0.363. The third-order valence-corrected chi connectivity index (χ3v) is 2.52. The number of aliphatic hydroxyl groups excluding tert-OH is 4. The second-order valence-electron chi connectivity index (χ2n) is 3.67. The zero-order valence-electron chi connectivity index (χ0n) is 8.91. The molecule has 5 atom stereocenters. The van der Waals surface area contributed by atoms with Gasteiger partial charge in [0.15, 0.2) is 6.23 Å². The Morgan fingerprint density at radius 2 is 1.88 bits per heavy atom. The summed E-state index contributed by atoms with van der Waals surface area (Å²) in [5, 5.41) is 39.6. The summed E-state index contributed by atoms with van der Waals surface area (Å²) >= 11 is 0. The Morgan fingerprint density at radius 1 is 1.25 bits per heavy atom. The zero-order valence-corrected chi connectivity index (χ0v) is 8.91. The largest absolute Gasteiger partial charge is 0.394 e. The molecule has 1 aliphatic rings. The molecule has 0 aromatic heterocycles. The third kappa shape index (κ3) is 2.69. The van der Waals surface area contributed by atoms with E-state index in [1.807, 2.05) is 0 Å². The minimum atomic E-state index is -1.46. The lowest BCUT2D eigenvalue weighted by Crippen LogP contribution is -2.63. The second kappa shape index (κ2) is 5.55. The summed E-state index contributed by atoms with van der Waals surface area (Å²) in [6.07, 6.45) is -6.21. The van der Waals surface area contributed by atoms with Crippen LogP contribution in [0.15, 0.2) is 0 Å². The molecular formula is C9H17NO6. The van der Waals surface area contributed by atoms with Crippen molar-refractivity contribution in [3.8, 4) is 0 Å². The van der Waals surface area contributed by atoms with Gasteiger partial charge in [-0.3, -0.25) is 4.79 Å². The molecule has 1 aliphatic heterocycles. The summed E-state index contributed by atoms with van der Waals surface area (Å²) in [6, 6.07) is 0. The molecule has 0 radical (unpaired) electrons. The predicted molar refractivity (Wildman–Crippen MR) is 52.2 cm³/mol. The number of hydrogen-bond donors (Lipinski definition) is 5. The highest BCUT2D eigenvalue weighted by atomic mass is 16.6. The van der Waals surface area contributed by atoms with E-state index in [4.69, 9.17) is 9.84 Å². The van der Waals surface area contributed by atoms with Crippen LogP contribution in [0, 0.1) is 0 Å². The Balaban J connectivity index is 2.67. The van der Waals surface area contributed by atoms with Crippen molar-refractivity contribution in [3.05, 3.63) is 0 Å². The average molecular weight is 235 g/mol. The number of carbonyl (C=O) groups excluding carboxylic acids is 1. The standard InChI is InChI=1S/C9H17NO6/c1-2-5(12)10-9-8(15)7(14)6(13)4(3-11)16-9/h4,6-9,11,13-15H,2-3H2,1H3,(H,10,12)/t4-,6+,7-,8-,9-/m1/s1. The van der Waals surface area contributed by atoms with E-state index in [1.165, 1.54) is 0 Å². The molecule has 7 heteroatoms. The predicted octanol–water partition coefficient (Wildman–Crippen LogP) is -2.69. The molecule has 0 spiro atoms. The Labute approximate surface area is 92.7 Å². The molecule has 1 amide bonds. The number of nitrogens with one attached hydrogen (secondary N) is 1. The molecule has 5 N–H and O–H groups in total. The van der Waals surface area contributed by atoms with Crippen molar-refractivity contribution in [1.29, 1.82) is 0 Å². The van der Waals surface area contributed by atoms with Gasteiger partial charge in [-0.1, -0.05) is 6.92 Å². The van der Waals surface area contributed by atoms with Crippen molar-refractivity contribution in [1.82, 2.24) is 5.32 Å². The number of amides is 1. The van der Waals surface area contributed by atoms with E-state index in [0.29, 0.717) is 0 Å². The maximum absolute atomic E-state index is 11.1. The molecule has 7 nitrogen and oxygen atoms in total. The Morgan fingerprint density at radius 3 is 2.38 bits per heavy atom. The molecule has 1 rings (SSSR count). The number of carbonyl (C=O) groups is 1. The Kier molecular flexibility index (Phi) is 4.63. The van der Waals surface area contributed by atoms with E-state index < -0.39 is 37.3 Å². The van der Waals surface area contributed by atoms with Crippen LogP contribution in [0.5, 0.6) is 0 Å². The lowest BCUT2D eigenvalue weighted by Gasteiger charge is -2.40. The van der Waals surface area contributed by atoms with Gasteiger partial charge in [0.05, 0.1) is 6.61 Å². The highest BCUT2D eigenvalue weighted by molar-refractivity contribution is 5.75. The van der Waals surface area contributed by atoms with Gasteiger partial charge in [0.25, 0.3) is 0 Å². The van der Waals surface area contributed by atoms with Crippen molar-refractivity contribution >= 4 is 5.91 Å². The van der Waals surface area contributed by atoms with E-state index in [0.717, 1.165) is 0 Å². The fraction of sp³-hybridized carbons (Fsp3) is 0.889. The minimum absolute atomic E-state index is 0.203. The van der Waals surface area contributed by atoms with Crippen LogP contribution in [0.25, 0.3) is 0 Å². The van der Waals surface area contributed by atoms with Gasteiger partial charge in [0.1, 0.15) is 24.4 Å². The monoisotopic (exact) mass is 235 g/mol. The highest BCUT2D eigenvalue weighted by Gasteiger charge is 2.43. The molecule has 1 fully saturated rings. The smallest absolute Gasteiger partial charge is 0.221 e. The van der Waals surface area contributed by atoms with Crippen LogP contribution in [-0.4, -0.2) is 63.6 Å². The number of rotatable bonds is 3. The van der Waals surface area contributed by atoms with Crippen LogP contribution in [0.1, 0.15) is 13.3 Å². The first kappa shape index (κ1) is 13.3. The summed E-state index contributed by atoms with van der Waals surface area (Å²) in [7, 11) is 0. The Bertz CT molecular complexity index is 246. The van der Waals surface area contributed by atoms with Crippen LogP contribution in [0.3, 0.4) is 0 Å². The first-order chi connectivity index (χ1) is 7.51. The van der Waals surface area contributed by atoms with Crippen molar-refractivity contribution in [2.75, 3.05) is 6.61 Å². The topological polar surface area (TPSA) is 119 Å². The van der Waals surface area contributed by atoms with E-state index in [-0.39, 0.29) is 12.3 Å². The molecule has 0 unspecified atom stereocenters. The molecule has 0 aliphatic carbocycles. The van der Waals surface area contributed by atoms with E-state index in [1.54, 1.807) is 6.92 Å². The van der Waals surface area contributed by atoms with Gasteiger partial charge in [0.2, 0.25) is 5.91 Å². The number of ether oxygens (including phenoxy) is 1. The lowest BCUT2D eigenvalue weighted by molar-refractivity contribution is -0.235. The van der Waals surface area contributed by atoms with Crippen molar-refractivity contribution in [2.24, 2.45) is 0 Å². The fourth-order valence-corrected chi connectivity index (χ4v) is 1.48. The normalized spacial score (nSPS) is 39.4. The molecule has 1 saturated heterocycles. The van der Waals surface area contributed by atoms with Crippen LogP contribution in [0.2, 0.25) is 0 Å². The van der Waals surface area contributed by atoms with Crippen molar-refractivity contribution < 1.29 is 30.0 Å². The first-order valence-corrected chi connectivity index (χ1v) is 5.11. The molecule has 1 heterocycles. The summed E-state index contributed by atoms with van der Waals surface area (Å²) in [5.41, 5.74) is 0. The van der Waals surface area contributed by atoms with Gasteiger partial charge >= 0.3 is 0 Å². The van der Waals surface area contributed by atoms with E-state index in [2.05, 4.69) is 5.32 Å². The van der Waals surface area contributed by atoms with E-state index in [9.17, 15) is 20.1 Å². The fourth-order valence-electron chi connectivity index (χ4n) is 1.48. The summed E-state index contributed by atoms with van der Waals surface area (Å²) in [6.45, 7) is 1.11. The SMILES string of the molecule is CCC(=O)N[C@@H]1O[C@H](CO)[C@H](O)[C@@H](O)[C@H]1O. The van der Waals surface area contributed by atoms with Crippen LogP contribution < -0.4 is 5.32 Å². The maximum atomic E-state index is 11.1. The number of aliphatic hydroxyl groups is 4. The summed E-state index contributed by atoms with van der Waals surface area (Å²) in [4.78, 5) is 11.1. The van der Waals surface area contributed by atoms with Gasteiger partial charge in [-0.25, -0.2) is 0 Å². The molecule has 0 bridgehead atoms. The Hall–Kier alpha value is -0.730. The van der Waals surface area contributed by atoms with E-state index >= 15 is 0 Å². The average Bonchev–Trinajstić information content (AvgIpc) is 2.29. The van der Waals surface area contributed by atoms with Crippen LogP contribution in [0.4, 0.5) is 0 Å². The van der Waals surface area contributed by atoms with Gasteiger partial charge in [-0.2, -0.15) is 0 Å².